The molecule has 32 heavy (non-hydrogen) atoms. The molecule has 4 aromatic rings. The number of thioether (sulfide) groups is 2. The van der Waals surface area contributed by atoms with Crippen molar-refractivity contribution in [2.75, 3.05) is 16.8 Å². The third-order valence-electron chi connectivity index (χ3n) is 5.26. The molecule has 5 nitrogen and oxygen atoms in total. The van der Waals surface area contributed by atoms with Gasteiger partial charge in [0.05, 0.1) is 15.7 Å². The normalized spacial score (nSPS) is 14.4. The van der Waals surface area contributed by atoms with Crippen molar-refractivity contribution in [3.63, 3.8) is 0 Å². The molecule has 1 saturated heterocycles. The van der Waals surface area contributed by atoms with E-state index in [1.54, 1.807) is 30.3 Å². The molecule has 0 atom stereocenters. The van der Waals surface area contributed by atoms with Gasteiger partial charge in [0.2, 0.25) is 0 Å². The number of nitrogens with one attached hydrogen (secondary N) is 1. The lowest BCUT2D eigenvalue weighted by atomic mass is 10.1. The van der Waals surface area contributed by atoms with Crippen LogP contribution in [0.1, 0.15) is 27.1 Å². The number of hydrogen-bond acceptors (Lipinski definition) is 5. The molecule has 0 radical (unpaired) electrons. The van der Waals surface area contributed by atoms with Crippen molar-refractivity contribution in [2.45, 2.75) is 11.0 Å². The first kappa shape index (κ1) is 20.8. The Morgan fingerprint density at radius 3 is 2.41 bits per heavy atom. The van der Waals surface area contributed by atoms with Crippen molar-refractivity contribution in [3.05, 3.63) is 100 Å². The van der Waals surface area contributed by atoms with E-state index in [9.17, 15) is 9.59 Å². The van der Waals surface area contributed by atoms with Gasteiger partial charge in [-0.05, 0) is 53.8 Å². The molecule has 5 rings (SSSR count). The van der Waals surface area contributed by atoms with Gasteiger partial charge >= 0.3 is 0 Å². The van der Waals surface area contributed by atoms with Gasteiger partial charge in [-0.25, -0.2) is 0 Å². The number of carbonyl (C=O) groups excluding carboxylic acids is 1. The number of nitrogens with zero attached hydrogens (tertiary/aromatic N) is 2. The number of anilines is 1. The summed E-state index contributed by atoms with van der Waals surface area (Å²) in [5.74, 6) is 1.98. The van der Waals surface area contributed by atoms with Crippen molar-refractivity contribution < 1.29 is 4.79 Å². The Balaban J connectivity index is 1.53. The van der Waals surface area contributed by atoms with Gasteiger partial charge in [-0.2, -0.15) is 9.78 Å². The second kappa shape index (κ2) is 9.22. The minimum atomic E-state index is -0.341. The highest BCUT2D eigenvalue weighted by atomic mass is 32.2. The lowest BCUT2D eigenvalue weighted by Crippen LogP contribution is -2.26. The van der Waals surface area contributed by atoms with Gasteiger partial charge in [-0.1, -0.05) is 48.5 Å². The summed E-state index contributed by atoms with van der Waals surface area (Å²) < 4.78 is 1.68. The average Bonchev–Trinajstić information content (AvgIpc) is 2.85. The Bertz CT molecular complexity index is 1330. The zero-order valence-corrected chi connectivity index (χ0v) is 18.9. The van der Waals surface area contributed by atoms with Crippen LogP contribution in [0.25, 0.3) is 16.5 Å². The number of hydrogen-bond donors (Lipinski definition) is 1. The Hall–Kier alpha value is -3.03. The quantitative estimate of drug-likeness (QED) is 0.436. The maximum absolute atomic E-state index is 13.3. The van der Waals surface area contributed by atoms with Gasteiger partial charge in [-0.15, -0.1) is 23.5 Å². The molecule has 1 aromatic heterocycles. The predicted octanol–water partition coefficient (Wildman–Crippen LogP) is 5.51. The van der Waals surface area contributed by atoms with Gasteiger partial charge in [0, 0.05) is 11.1 Å². The summed E-state index contributed by atoms with van der Waals surface area (Å²) in [5.41, 5.74) is 2.51. The first-order valence-corrected chi connectivity index (χ1v) is 12.5. The Morgan fingerprint density at radius 2 is 1.62 bits per heavy atom. The first-order valence-electron chi connectivity index (χ1n) is 10.4. The predicted molar refractivity (Wildman–Crippen MR) is 134 cm³/mol. The SMILES string of the molecule is O=C(Nc1cccc(C2SCCCS2)c1)c1nn(-c2ccccc2)c(=O)c2ccccc12. The maximum Gasteiger partial charge on any atom is 0.279 e. The lowest BCUT2D eigenvalue weighted by molar-refractivity contribution is 0.102. The number of amides is 1. The number of carbonyl (C=O) groups is 1. The molecule has 1 amide bonds. The van der Waals surface area contributed by atoms with E-state index in [0.29, 0.717) is 21.0 Å². The number of benzene rings is 3. The Morgan fingerprint density at radius 1 is 0.906 bits per heavy atom. The molecule has 2 heterocycles. The Kier molecular flexibility index (Phi) is 6.01. The van der Waals surface area contributed by atoms with E-state index in [1.807, 2.05) is 66.0 Å². The summed E-state index contributed by atoms with van der Waals surface area (Å²) in [6.45, 7) is 0. The maximum atomic E-state index is 13.3. The van der Waals surface area contributed by atoms with E-state index in [4.69, 9.17) is 0 Å². The molecule has 1 aliphatic heterocycles. The van der Waals surface area contributed by atoms with Crippen LogP contribution in [0.15, 0.2) is 83.7 Å². The summed E-state index contributed by atoms with van der Waals surface area (Å²) >= 11 is 3.89. The smallest absolute Gasteiger partial charge is 0.279 e. The summed E-state index contributed by atoms with van der Waals surface area (Å²) in [7, 11) is 0. The van der Waals surface area contributed by atoms with Crippen LogP contribution in [0.5, 0.6) is 0 Å². The van der Waals surface area contributed by atoms with Gasteiger partial charge in [0.25, 0.3) is 11.5 Å². The zero-order valence-electron chi connectivity index (χ0n) is 17.2. The van der Waals surface area contributed by atoms with Crippen LogP contribution in [0.4, 0.5) is 5.69 Å². The van der Waals surface area contributed by atoms with Gasteiger partial charge in [-0.3, -0.25) is 9.59 Å². The number of fused-ring (bicyclic) bond motifs is 1. The van der Waals surface area contributed by atoms with Crippen molar-refractivity contribution in [1.82, 2.24) is 9.78 Å². The third-order valence-corrected chi connectivity index (χ3v) is 8.28. The van der Waals surface area contributed by atoms with Crippen molar-refractivity contribution in [3.8, 4) is 5.69 Å². The third kappa shape index (κ3) is 4.18. The molecule has 1 N–H and O–H groups in total. The minimum Gasteiger partial charge on any atom is -0.321 e. The molecule has 3 aromatic carbocycles. The van der Waals surface area contributed by atoms with Crippen LogP contribution >= 0.6 is 23.5 Å². The van der Waals surface area contributed by atoms with Gasteiger partial charge in [0.15, 0.2) is 5.69 Å². The summed E-state index contributed by atoms with van der Waals surface area (Å²) in [6, 6.07) is 24.2. The van der Waals surface area contributed by atoms with E-state index >= 15 is 0 Å². The largest absolute Gasteiger partial charge is 0.321 e. The summed E-state index contributed by atoms with van der Waals surface area (Å²) in [5, 5.41) is 8.45. The molecule has 0 spiro atoms. The van der Waals surface area contributed by atoms with E-state index in [0.717, 1.165) is 17.2 Å². The molecular weight excluding hydrogens is 438 g/mol. The fraction of sp³-hybridized carbons (Fsp3) is 0.160. The Labute approximate surface area is 194 Å². The first-order chi connectivity index (χ1) is 15.7. The molecular formula is C25H21N3O2S2. The molecule has 0 unspecified atom stereocenters. The van der Waals surface area contributed by atoms with Gasteiger partial charge in [0.1, 0.15) is 0 Å². The fourth-order valence-electron chi connectivity index (χ4n) is 3.73. The number of aromatic nitrogens is 2. The molecule has 0 bridgehead atoms. The van der Waals surface area contributed by atoms with Crippen molar-refractivity contribution in [2.24, 2.45) is 0 Å². The van der Waals surface area contributed by atoms with Crippen molar-refractivity contribution in [1.29, 1.82) is 0 Å². The van der Waals surface area contributed by atoms with E-state index in [2.05, 4.69) is 16.5 Å². The standard InChI is InChI=1S/C25H21N3O2S2/c29-23(26-18-9-6-8-17(16-18)25-31-14-7-15-32-25)22-20-12-4-5-13-21(20)24(30)28(27-22)19-10-2-1-3-11-19/h1-6,8-13,16,25H,7,14-15H2,(H,26,29). The second-order valence-corrected chi connectivity index (χ2v) is 10.2. The monoisotopic (exact) mass is 459 g/mol. The number of rotatable bonds is 4. The molecule has 0 aliphatic carbocycles. The second-order valence-electron chi connectivity index (χ2n) is 7.45. The molecule has 1 aliphatic rings. The highest BCUT2D eigenvalue weighted by Crippen LogP contribution is 2.44. The van der Waals surface area contributed by atoms with Gasteiger partial charge < -0.3 is 5.32 Å². The van der Waals surface area contributed by atoms with Crippen LogP contribution in [0.3, 0.4) is 0 Å². The summed E-state index contributed by atoms with van der Waals surface area (Å²) in [4.78, 5) is 26.4. The van der Waals surface area contributed by atoms with Crippen LogP contribution in [0, 0.1) is 0 Å². The zero-order chi connectivity index (χ0) is 21.9. The molecule has 7 heteroatoms. The van der Waals surface area contributed by atoms with Crippen molar-refractivity contribution >= 4 is 45.9 Å². The fourth-order valence-corrected chi connectivity index (χ4v) is 6.61. The van der Waals surface area contributed by atoms with Crippen LogP contribution in [-0.2, 0) is 0 Å². The van der Waals surface area contributed by atoms with E-state index in [-0.39, 0.29) is 17.2 Å². The van der Waals surface area contributed by atoms with Crippen LogP contribution < -0.4 is 10.9 Å². The molecule has 0 saturated carbocycles. The number of para-hydroxylation sites is 1. The average molecular weight is 460 g/mol. The van der Waals surface area contributed by atoms with Crippen LogP contribution in [0.2, 0.25) is 0 Å². The van der Waals surface area contributed by atoms with E-state index < -0.39 is 0 Å². The van der Waals surface area contributed by atoms with Crippen LogP contribution in [-0.4, -0.2) is 27.2 Å². The summed E-state index contributed by atoms with van der Waals surface area (Å²) in [6.07, 6.45) is 1.23. The van der Waals surface area contributed by atoms with E-state index in [1.165, 1.54) is 16.7 Å². The molecule has 1 fully saturated rings. The minimum absolute atomic E-state index is 0.218. The highest BCUT2D eigenvalue weighted by Gasteiger charge is 2.20. The topological polar surface area (TPSA) is 64.0 Å². The molecule has 160 valence electrons. The lowest BCUT2D eigenvalue weighted by Gasteiger charge is -2.21. The highest BCUT2D eigenvalue weighted by molar-refractivity contribution is 8.16.